The van der Waals surface area contributed by atoms with Crippen molar-refractivity contribution in [2.45, 2.75) is 57.7 Å². The normalized spacial score (nSPS) is 18.5. The number of thiocarbonyl (C=S) groups is 1. The Balaban J connectivity index is 1.55. The zero-order valence-corrected chi connectivity index (χ0v) is 17.4. The maximum Gasteiger partial charge on any atom is 0.170 e. The Kier molecular flexibility index (Phi) is 5.72. The quantitative estimate of drug-likeness (QED) is 0.559. The first kappa shape index (κ1) is 19.6. The zero-order valence-electron chi connectivity index (χ0n) is 16.6. The van der Waals surface area contributed by atoms with Crippen LogP contribution in [0.15, 0.2) is 54.6 Å². The van der Waals surface area contributed by atoms with Gasteiger partial charge in [0.2, 0.25) is 0 Å². The minimum absolute atomic E-state index is 0.0970. The molecule has 0 unspecified atom stereocenters. The van der Waals surface area contributed by atoms with Crippen molar-refractivity contribution >= 4 is 34.4 Å². The molecule has 144 valence electrons. The second-order valence-corrected chi connectivity index (χ2v) is 9.07. The minimum Gasteiger partial charge on any atom is -0.360 e. The van der Waals surface area contributed by atoms with Crippen LogP contribution in [-0.4, -0.2) is 22.2 Å². The van der Waals surface area contributed by atoms with E-state index in [-0.39, 0.29) is 11.1 Å². The van der Waals surface area contributed by atoms with Gasteiger partial charge in [0.1, 0.15) is 0 Å². The summed E-state index contributed by atoms with van der Waals surface area (Å²) in [5.41, 5.74) is 3.30. The third kappa shape index (κ3) is 5.94. The van der Waals surface area contributed by atoms with Crippen LogP contribution in [0.2, 0.25) is 0 Å². The summed E-state index contributed by atoms with van der Waals surface area (Å²) >= 11 is 5.55. The van der Waals surface area contributed by atoms with Crippen LogP contribution in [0.5, 0.6) is 0 Å². The van der Waals surface area contributed by atoms with Gasteiger partial charge in [-0.2, -0.15) is 0 Å². The molecule has 1 heterocycles. The molecule has 5 heteroatoms. The Morgan fingerprint density at radius 1 is 0.852 bits per heavy atom. The molecule has 2 aromatic rings. The van der Waals surface area contributed by atoms with Gasteiger partial charge in [-0.05, 0) is 89.2 Å². The maximum atomic E-state index is 5.55. The molecule has 4 nitrogen and oxygen atoms in total. The molecule has 0 amide bonds. The molecule has 4 N–H and O–H groups in total. The molecular formula is C22H30N4S. The number of para-hydroxylation sites is 1. The molecule has 0 atom stereocenters. The SMILES string of the molecule is CC1(C)CC(NC(=S)Nc2ccc(Nc3ccccc3)cc2)CC(C)(C)N1. The molecule has 1 saturated heterocycles. The number of anilines is 3. The molecule has 27 heavy (non-hydrogen) atoms. The lowest BCUT2D eigenvalue weighted by molar-refractivity contribution is 0.156. The van der Waals surface area contributed by atoms with Crippen LogP contribution >= 0.6 is 12.2 Å². The largest absolute Gasteiger partial charge is 0.360 e. The highest BCUT2D eigenvalue weighted by Gasteiger charge is 2.37. The number of hydrogen-bond acceptors (Lipinski definition) is 3. The summed E-state index contributed by atoms with van der Waals surface area (Å²) in [6.45, 7) is 8.99. The predicted octanol–water partition coefficient (Wildman–Crippen LogP) is 5.03. The Hall–Kier alpha value is -2.11. The van der Waals surface area contributed by atoms with E-state index >= 15 is 0 Å². The monoisotopic (exact) mass is 382 g/mol. The molecule has 2 aromatic carbocycles. The van der Waals surface area contributed by atoms with Crippen molar-refractivity contribution in [1.29, 1.82) is 0 Å². The molecule has 1 aliphatic rings. The molecule has 1 aliphatic heterocycles. The van der Waals surface area contributed by atoms with Crippen LogP contribution < -0.4 is 21.3 Å². The fraction of sp³-hybridized carbons (Fsp3) is 0.409. The second-order valence-electron chi connectivity index (χ2n) is 8.66. The van der Waals surface area contributed by atoms with Crippen LogP contribution in [0.4, 0.5) is 17.1 Å². The van der Waals surface area contributed by atoms with Crippen molar-refractivity contribution in [2.24, 2.45) is 0 Å². The Morgan fingerprint density at radius 3 is 1.96 bits per heavy atom. The van der Waals surface area contributed by atoms with E-state index in [4.69, 9.17) is 12.2 Å². The fourth-order valence-corrected chi connectivity index (χ4v) is 4.39. The Bertz CT molecular complexity index is 753. The number of rotatable bonds is 4. The first-order chi connectivity index (χ1) is 12.7. The van der Waals surface area contributed by atoms with E-state index < -0.39 is 0 Å². The van der Waals surface area contributed by atoms with Gasteiger partial charge < -0.3 is 21.3 Å². The van der Waals surface area contributed by atoms with E-state index in [0.717, 1.165) is 29.9 Å². The lowest BCUT2D eigenvalue weighted by Gasteiger charge is -2.46. The van der Waals surface area contributed by atoms with Crippen LogP contribution in [0, 0.1) is 0 Å². The summed E-state index contributed by atoms with van der Waals surface area (Å²) in [5.74, 6) is 0. The van der Waals surface area contributed by atoms with E-state index in [0.29, 0.717) is 11.2 Å². The first-order valence-electron chi connectivity index (χ1n) is 9.50. The van der Waals surface area contributed by atoms with Crippen molar-refractivity contribution in [3.05, 3.63) is 54.6 Å². The highest BCUT2D eigenvalue weighted by Crippen LogP contribution is 2.28. The van der Waals surface area contributed by atoms with Gasteiger partial charge in [0.25, 0.3) is 0 Å². The molecule has 0 radical (unpaired) electrons. The van der Waals surface area contributed by atoms with Crippen molar-refractivity contribution < 1.29 is 0 Å². The number of nitrogens with one attached hydrogen (secondary N) is 4. The summed E-state index contributed by atoms with van der Waals surface area (Å²) in [6.07, 6.45) is 2.08. The van der Waals surface area contributed by atoms with E-state index in [1.165, 1.54) is 0 Å². The number of piperidine rings is 1. The second kappa shape index (κ2) is 7.87. The third-order valence-corrected chi connectivity index (χ3v) is 4.95. The highest BCUT2D eigenvalue weighted by atomic mass is 32.1. The number of benzene rings is 2. The van der Waals surface area contributed by atoms with Crippen molar-refractivity contribution in [3.63, 3.8) is 0 Å². The highest BCUT2D eigenvalue weighted by molar-refractivity contribution is 7.80. The van der Waals surface area contributed by atoms with Crippen molar-refractivity contribution in [3.8, 4) is 0 Å². The molecule has 0 bridgehead atoms. The third-order valence-electron chi connectivity index (χ3n) is 4.73. The van der Waals surface area contributed by atoms with Gasteiger partial charge in [-0.1, -0.05) is 18.2 Å². The fourth-order valence-electron chi connectivity index (χ4n) is 4.10. The average molecular weight is 383 g/mol. The van der Waals surface area contributed by atoms with Crippen LogP contribution in [0.25, 0.3) is 0 Å². The van der Waals surface area contributed by atoms with Gasteiger partial charge in [-0.25, -0.2) is 0 Å². The van der Waals surface area contributed by atoms with Crippen molar-refractivity contribution in [2.75, 3.05) is 10.6 Å². The molecule has 0 aliphatic carbocycles. The Labute approximate surface area is 168 Å². The molecule has 0 saturated carbocycles. The molecular weight excluding hydrogens is 352 g/mol. The zero-order chi connectivity index (χ0) is 19.5. The van der Waals surface area contributed by atoms with E-state index in [2.05, 4.69) is 61.1 Å². The van der Waals surface area contributed by atoms with Crippen LogP contribution in [-0.2, 0) is 0 Å². The summed E-state index contributed by atoms with van der Waals surface area (Å²) in [7, 11) is 0. The molecule has 1 fully saturated rings. The topological polar surface area (TPSA) is 48.1 Å². The van der Waals surface area contributed by atoms with E-state index in [1.807, 2.05) is 42.5 Å². The van der Waals surface area contributed by atoms with Gasteiger partial charge in [0.05, 0.1) is 0 Å². The summed E-state index contributed by atoms with van der Waals surface area (Å²) < 4.78 is 0. The molecule has 0 spiro atoms. The predicted molar refractivity (Wildman–Crippen MR) is 120 cm³/mol. The lowest BCUT2D eigenvalue weighted by Crippen LogP contribution is -2.62. The summed E-state index contributed by atoms with van der Waals surface area (Å²) in [5, 5.41) is 14.6. The van der Waals surface area contributed by atoms with Gasteiger partial charge >= 0.3 is 0 Å². The summed E-state index contributed by atoms with van der Waals surface area (Å²) in [4.78, 5) is 0. The van der Waals surface area contributed by atoms with Crippen LogP contribution in [0.1, 0.15) is 40.5 Å². The van der Waals surface area contributed by atoms with E-state index in [9.17, 15) is 0 Å². The lowest BCUT2D eigenvalue weighted by atomic mass is 9.80. The van der Waals surface area contributed by atoms with Gasteiger partial charge in [-0.15, -0.1) is 0 Å². The maximum absolute atomic E-state index is 5.55. The van der Waals surface area contributed by atoms with Crippen molar-refractivity contribution in [1.82, 2.24) is 10.6 Å². The Morgan fingerprint density at radius 2 is 1.37 bits per heavy atom. The smallest absolute Gasteiger partial charge is 0.170 e. The van der Waals surface area contributed by atoms with Gasteiger partial charge in [-0.3, -0.25) is 0 Å². The summed E-state index contributed by atoms with van der Waals surface area (Å²) in [6, 6.07) is 18.7. The van der Waals surface area contributed by atoms with Crippen LogP contribution in [0.3, 0.4) is 0 Å². The van der Waals surface area contributed by atoms with Gasteiger partial charge in [0, 0.05) is 34.2 Å². The van der Waals surface area contributed by atoms with E-state index in [1.54, 1.807) is 0 Å². The molecule has 3 rings (SSSR count). The average Bonchev–Trinajstić information content (AvgIpc) is 2.54. The van der Waals surface area contributed by atoms with Gasteiger partial charge in [0.15, 0.2) is 5.11 Å². The first-order valence-corrected chi connectivity index (χ1v) is 9.91. The number of hydrogen-bond donors (Lipinski definition) is 4. The standard InChI is InChI=1S/C22H30N4S/c1-21(2)14-19(15-22(3,4)26-21)25-20(27)24-18-12-10-17(11-13-18)23-16-8-6-5-7-9-16/h5-13,19,23,26H,14-15H2,1-4H3,(H2,24,25,27). The minimum atomic E-state index is 0.0970. The molecule has 0 aromatic heterocycles.